The highest BCUT2D eigenvalue weighted by Gasteiger charge is 2.33. The third-order valence-corrected chi connectivity index (χ3v) is 4.11. The largest absolute Gasteiger partial charge is 0.395 e. The third kappa shape index (κ3) is 2.20. The van der Waals surface area contributed by atoms with Gasteiger partial charge in [0.2, 0.25) is 0 Å². The minimum absolute atomic E-state index is 0.0405. The molecule has 2 heterocycles. The Bertz CT molecular complexity index is 493. The van der Waals surface area contributed by atoms with E-state index >= 15 is 0 Å². The molecular weight excluding hydrogens is 242 g/mol. The molecule has 0 bridgehead atoms. The molecule has 1 saturated carbocycles. The second-order valence-electron chi connectivity index (χ2n) is 5.78. The van der Waals surface area contributed by atoms with E-state index in [2.05, 4.69) is 29.1 Å². The molecule has 1 aromatic heterocycles. The fourth-order valence-corrected chi connectivity index (χ4v) is 2.79. The molecule has 1 amide bonds. The van der Waals surface area contributed by atoms with Gasteiger partial charge in [-0.1, -0.05) is 0 Å². The second kappa shape index (κ2) is 4.52. The Balaban J connectivity index is 1.79. The summed E-state index contributed by atoms with van der Waals surface area (Å²) >= 11 is 0. The van der Waals surface area contributed by atoms with E-state index in [1.54, 1.807) is 0 Å². The Kier molecular flexibility index (Phi) is 2.97. The van der Waals surface area contributed by atoms with Crippen molar-refractivity contribution >= 4 is 11.6 Å². The normalized spacial score (nSPS) is 24.7. The van der Waals surface area contributed by atoms with E-state index in [1.807, 2.05) is 4.90 Å². The molecule has 1 saturated heterocycles. The Labute approximate surface area is 112 Å². The van der Waals surface area contributed by atoms with Gasteiger partial charge >= 0.3 is 0 Å². The average molecular weight is 263 g/mol. The molecule has 1 aliphatic carbocycles. The highest BCUT2D eigenvalue weighted by atomic mass is 16.2. The lowest BCUT2D eigenvalue weighted by molar-refractivity contribution is 0.0529. The molecule has 1 atom stereocenters. The van der Waals surface area contributed by atoms with Crippen LogP contribution in [0.4, 0.5) is 5.69 Å². The highest BCUT2D eigenvalue weighted by Crippen LogP contribution is 2.42. The number of hydrogen-bond donors (Lipinski definition) is 2. The molecule has 2 aliphatic rings. The maximum atomic E-state index is 12.5. The number of anilines is 1. The van der Waals surface area contributed by atoms with Gasteiger partial charge in [0.05, 0.1) is 11.4 Å². The van der Waals surface area contributed by atoms with Crippen molar-refractivity contribution in [3.63, 3.8) is 0 Å². The van der Waals surface area contributed by atoms with Gasteiger partial charge in [-0.25, -0.2) is 0 Å². The minimum Gasteiger partial charge on any atom is -0.395 e. The molecular formula is C13H21N5O. The lowest BCUT2D eigenvalue weighted by atomic mass is 10.1. The molecule has 1 aromatic rings. The van der Waals surface area contributed by atoms with Crippen LogP contribution in [0.2, 0.25) is 0 Å². The maximum Gasteiger partial charge on any atom is 0.276 e. The highest BCUT2D eigenvalue weighted by molar-refractivity contribution is 5.98. The fraction of sp³-hybridized carbons (Fsp3) is 0.692. The van der Waals surface area contributed by atoms with Gasteiger partial charge in [-0.05, 0) is 26.8 Å². The van der Waals surface area contributed by atoms with Gasteiger partial charge in [0.15, 0.2) is 5.69 Å². The van der Waals surface area contributed by atoms with Crippen molar-refractivity contribution in [1.29, 1.82) is 0 Å². The monoisotopic (exact) mass is 263 g/mol. The maximum absolute atomic E-state index is 12.5. The number of nitrogens with zero attached hydrogens (tertiary/aromatic N) is 3. The van der Waals surface area contributed by atoms with E-state index in [1.165, 1.54) is 0 Å². The zero-order valence-electron chi connectivity index (χ0n) is 11.5. The first-order chi connectivity index (χ1) is 9.08. The molecule has 3 rings (SSSR count). The second-order valence-corrected chi connectivity index (χ2v) is 5.78. The number of likely N-dealkylation sites (N-methyl/N-ethyl adjacent to an activating group) is 1. The Morgan fingerprint density at radius 2 is 2.16 bits per heavy atom. The molecule has 2 fully saturated rings. The number of carbonyl (C=O) groups is 1. The van der Waals surface area contributed by atoms with Gasteiger partial charge in [-0.2, -0.15) is 5.10 Å². The van der Waals surface area contributed by atoms with Crippen LogP contribution in [-0.4, -0.2) is 58.6 Å². The van der Waals surface area contributed by atoms with E-state index in [4.69, 9.17) is 5.73 Å². The summed E-state index contributed by atoms with van der Waals surface area (Å²) in [5, 5.41) is 7.10. The van der Waals surface area contributed by atoms with Crippen LogP contribution in [-0.2, 0) is 0 Å². The summed E-state index contributed by atoms with van der Waals surface area (Å²) in [7, 11) is 2.08. The van der Waals surface area contributed by atoms with Crippen LogP contribution in [0.15, 0.2) is 0 Å². The SMILES string of the molecule is CC1CN(C)CCN1C(=O)c1n[nH]c(C2CC2)c1N. The number of nitrogens with one attached hydrogen (secondary N) is 1. The van der Waals surface area contributed by atoms with Crippen LogP contribution < -0.4 is 5.73 Å². The first kappa shape index (κ1) is 12.5. The van der Waals surface area contributed by atoms with E-state index in [9.17, 15) is 4.79 Å². The molecule has 1 aliphatic heterocycles. The van der Waals surface area contributed by atoms with E-state index in [-0.39, 0.29) is 11.9 Å². The Morgan fingerprint density at radius 1 is 1.42 bits per heavy atom. The topological polar surface area (TPSA) is 78.2 Å². The van der Waals surface area contributed by atoms with Crippen LogP contribution in [0.5, 0.6) is 0 Å². The Morgan fingerprint density at radius 3 is 2.79 bits per heavy atom. The summed E-state index contributed by atoms with van der Waals surface area (Å²) in [4.78, 5) is 16.7. The average Bonchev–Trinajstić information content (AvgIpc) is 3.12. The van der Waals surface area contributed by atoms with E-state index in [0.29, 0.717) is 17.3 Å². The predicted molar refractivity (Wildman–Crippen MR) is 73.0 cm³/mol. The van der Waals surface area contributed by atoms with Crippen molar-refractivity contribution in [3.8, 4) is 0 Å². The number of hydrogen-bond acceptors (Lipinski definition) is 4. The lowest BCUT2D eigenvalue weighted by Crippen LogP contribution is -2.52. The molecule has 6 nitrogen and oxygen atoms in total. The summed E-state index contributed by atoms with van der Waals surface area (Å²) in [6.45, 7) is 4.60. The van der Waals surface area contributed by atoms with Crippen LogP contribution in [0.25, 0.3) is 0 Å². The Hall–Kier alpha value is -1.56. The molecule has 0 spiro atoms. The summed E-state index contributed by atoms with van der Waals surface area (Å²) in [5.41, 5.74) is 7.98. The predicted octanol–water partition coefficient (Wildman–Crippen LogP) is 0.645. The summed E-state index contributed by atoms with van der Waals surface area (Å²) < 4.78 is 0. The molecule has 1 unspecified atom stereocenters. The molecule has 6 heteroatoms. The quantitative estimate of drug-likeness (QED) is 0.821. The molecule has 3 N–H and O–H groups in total. The summed E-state index contributed by atoms with van der Waals surface area (Å²) in [5.74, 6) is 0.445. The van der Waals surface area contributed by atoms with Gasteiger partial charge in [-0.15, -0.1) is 0 Å². The van der Waals surface area contributed by atoms with Crippen molar-refractivity contribution in [3.05, 3.63) is 11.4 Å². The number of aromatic amines is 1. The summed E-state index contributed by atoms with van der Waals surface area (Å²) in [6.07, 6.45) is 2.29. The van der Waals surface area contributed by atoms with Crippen molar-refractivity contribution in [1.82, 2.24) is 20.0 Å². The number of nitrogen functional groups attached to an aromatic ring is 1. The first-order valence-electron chi connectivity index (χ1n) is 6.91. The van der Waals surface area contributed by atoms with Gasteiger partial charge in [0, 0.05) is 31.6 Å². The lowest BCUT2D eigenvalue weighted by Gasteiger charge is -2.37. The van der Waals surface area contributed by atoms with Gasteiger partial charge in [0.1, 0.15) is 0 Å². The number of rotatable bonds is 2. The van der Waals surface area contributed by atoms with Gasteiger partial charge in [0.25, 0.3) is 5.91 Å². The zero-order chi connectivity index (χ0) is 13.6. The van der Waals surface area contributed by atoms with Crippen molar-refractivity contribution < 1.29 is 4.79 Å². The van der Waals surface area contributed by atoms with Crippen LogP contribution in [0, 0.1) is 0 Å². The van der Waals surface area contributed by atoms with Gasteiger partial charge in [-0.3, -0.25) is 9.89 Å². The van der Waals surface area contributed by atoms with Crippen LogP contribution >= 0.6 is 0 Å². The molecule has 19 heavy (non-hydrogen) atoms. The van der Waals surface area contributed by atoms with E-state index in [0.717, 1.165) is 38.2 Å². The van der Waals surface area contributed by atoms with Gasteiger partial charge < -0.3 is 15.5 Å². The number of H-pyrrole nitrogens is 1. The summed E-state index contributed by atoms with van der Waals surface area (Å²) in [6, 6.07) is 0.201. The number of carbonyl (C=O) groups excluding carboxylic acids is 1. The fourth-order valence-electron chi connectivity index (χ4n) is 2.79. The third-order valence-electron chi connectivity index (χ3n) is 4.11. The van der Waals surface area contributed by atoms with E-state index < -0.39 is 0 Å². The standard InChI is InChI=1S/C13H21N5O/c1-8-7-17(2)5-6-18(8)13(19)12-10(14)11(15-16-12)9-3-4-9/h8-9H,3-7,14H2,1-2H3,(H,15,16). The number of aromatic nitrogens is 2. The number of nitrogens with two attached hydrogens (primary N) is 1. The smallest absolute Gasteiger partial charge is 0.276 e. The molecule has 104 valence electrons. The number of piperazine rings is 1. The molecule has 0 radical (unpaired) electrons. The van der Waals surface area contributed by atoms with Crippen molar-refractivity contribution in [2.45, 2.75) is 31.7 Å². The van der Waals surface area contributed by atoms with Crippen LogP contribution in [0.1, 0.15) is 41.9 Å². The van der Waals surface area contributed by atoms with Crippen LogP contribution in [0.3, 0.4) is 0 Å². The molecule has 0 aromatic carbocycles. The van der Waals surface area contributed by atoms with Crippen molar-refractivity contribution in [2.24, 2.45) is 0 Å². The number of amides is 1. The van der Waals surface area contributed by atoms with Crippen molar-refractivity contribution in [2.75, 3.05) is 32.4 Å². The minimum atomic E-state index is -0.0405. The zero-order valence-corrected chi connectivity index (χ0v) is 11.5. The first-order valence-corrected chi connectivity index (χ1v) is 6.91.